The molecule has 1 aliphatic rings. The molecular formula is C19H20ClN7. The molecule has 7 nitrogen and oxygen atoms in total. The number of hydrogen-bond donors (Lipinski definition) is 3. The third-order valence-corrected chi connectivity index (χ3v) is 4.84. The van der Waals surface area contributed by atoms with Crippen molar-refractivity contribution in [1.82, 2.24) is 20.1 Å². The van der Waals surface area contributed by atoms with E-state index in [-0.39, 0.29) is 5.84 Å². The van der Waals surface area contributed by atoms with Crippen molar-refractivity contribution in [2.24, 2.45) is 22.6 Å². The SMILES string of the molecule is NN/N=C(\N)c1ccnc(-c2ncn(CC3CC3)c2-c2ccc(Cl)cc2)c1. The van der Waals surface area contributed by atoms with E-state index in [4.69, 9.17) is 23.2 Å². The summed E-state index contributed by atoms with van der Waals surface area (Å²) in [7, 11) is 0. The minimum absolute atomic E-state index is 0.284. The van der Waals surface area contributed by atoms with Crippen LogP contribution in [0.3, 0.4) is 0 Å². The summed E-state index contributed by atoms with van der Waals surface area (Å²) < 4.78 is 2.20. The lowest BCUT2D eigenvalue weighted by atomic mass is 10.1. The second kappa shape index (κ2) is 7.38. The Morgan fingerprint density at radius 1 is 1.22 bits per heavy atom. The number of pyridine rings is 1. The van der Waals surface area contributed by atoms with E-state index >= 15 is 0 Å². The number of nitrogens with zero attached hydrogens (tertiary/aromatic N) is 4. The largest absolute Gasteiger partial charge is 0.382 e. The predicted octanol–water partition coefficient (Wildman–Crippen LogP) is 2.76. The van der Waals surface area contributed by atoms with Gasteiger partial charge in [-0.05, 0) is 43.0 Å². The molecule has 1 fully saturated rings. The fourth-order valence-electron chi connectivity index (χ4n) is 3.05. The Bertz CT molecular complexity index is 974. The molecule has 0 unspecified atom stereocenters. The molecule has 2 heterocycles. The van der Waals surface area contributed by atoms with Gasteiger partial charge in [-0.15, -0.1) is 5.10 Å². The zero-order valence-corrected chi connectivity index (χ0v) is 15.4. The highest BCUT2D eigenvalue weighted by atomic mass is 35.5. The lowest BCUT2D eigenvalue weighted by Crippen LogP contribution is -2.23. The second-order valence-electron chi connectivity index (χ2n) is 6.60. The Kier molecular flexibility index (Phi) is 4.79. The zero-order valence-electron chi connectivity index (χ0n) is 14.6. The molecule has 0 spiro atoms. The van der Waals surface area contributed by atoms with Gasteiger partial charge in [-0.1, -0.05) is 23.7 Å². The molecule has 8 heteroatoms. The van der Waals surface area contributed by atoms with Gasteiger partial charge in [-0.25, -0.2) is 16.4 Å². The van der Waals surface area contributed by atoms with Crippen molar-refractivity contribution < 1.29 is 0 Å². The lowest BCUT2D eigenvalue weighted by molar-refractivity contribution is 0.631. The van der Waals surface area contributed by atoms with Crippen LogP contribution in [0.1, 0.15) is 18.4 Å². The van der Waals surface area contributed by atoms with E-state index in [9.17, 15) is 0 Å². The van der Waals surface area contributed by atoms with Crippen molar-refractivity contribution in [2.45, 2.75) is 19.4 Å². The monoisotopic (exact) mass is 381 g/mol. The third-order valence-electron chi connectivity index (χ3n) is 4.59. The molecule has 3 aromatic rings. The van der Waals surface area contributed by atoms with Gasteiger partial charge in [0.05, 0.1) is 17.7 Å². The van der Waals surface area contributed by atoms with E-state index in [2.05, 4.69) is 25.2 Å². The van der Waals surface area contributed by atoms with Crippen molar-refractivity contribution in [3.8, 4) is 22.6 Å². The molecule has 4 rings (SSSR count). The van der Waals surface area contributed by atoms with E-state index in [0.717, 1.165) is 40.7 Å². The number of hydrazone groups is 1. The topological polar surface area (TPSA) is 107 Å². The number of amidine groups is 1. The van der Waals surface area contributed by atoms with E-state index < -0.39 is 0 Å². The molecule has 1 aliphatic carbocycles. The zero-order chi connectivity index (χ0) is 18.8. The summed E-state index contributed by atoms with van der Waals surface area (Å²) in [5, 5.41) is 4.53. The van der Waals surface area contributed by atoms with E-state index in [1.165, 1.54) is 12.8 Å². The molecule has 27 heavy (non-hydrogen) atoms. The number of hydrogen-bond acceptors (Lipinski definition) is 5. The average Bonchev–Trinajstić information content (AvgIpc) is 3.40. The first-order valence-corrected chi connectivity index (χ1v) is 9.10. The van der Waals surface area contributed by atoms with Gasteiger partial charge in [-0.2, -0.15) is 0 Å². The van der Waals surface area contributed by atoms with Crippen LogP contribution in [0.15, 0.2) is 54.0 Å². The molecule has 1 aromatic carbocycles. The van der Waals surface area contributed by atoms with E-state index in [0.29, 0.717) is 5.02 Å². The van der Waals surface area contributed by atoms with E-state index in [1.807, 2.05) is 36.7 Å². The number of aromatic nitrogens is 3. The molecule has 0 radical (unpaired) electrons. The van der Waals surface area contributed by atoms with Crippen molar-refractivity contribution in [1.29, 1.82) is 0 Å². The van der Waals surface area contributed by atoms with Gasteiger partial charge < -0.3 is 10.3 Å². The van der Waals surface area contributed by atoms with Crippen LogP contribution < -0.4 is 17.1 Å². The molecular weight excluding hydrogens is 362 g/mol. The maximum Gasteiger partial charge on any atom is 0.152 e. The molecule has 0 amide bonds. The summed E-state index contributed by atoms with van der Waals surface area (Å²) in [6.45, 7) is 0.950. The smallest absolute Gasteiger partial charge is 0.152 e. The molecule has 0 atom stereocenters. The third kappa shape index (κ3) is 3.79. The maximum atomic E-state index is 6.07. The van der Waals surface area contributed by atoms with Crippen molar-refractivity contribution >= 4 is 17.4 Å². The normalized spacial score (nSPS) is 14.4. The molecule has 0 aliphatic heterocycles. The summed E-state index contributed by atoms with van der Waals surface area (Å²) in [5.41, 5.74) is 12.5. The maximum absolute atomic E-state index is 6.07. The summed E-state index contributed by atoms with van der Waals surface area (Å²) in [6, 6.07) is 11.4. The minimum Gasteiger partial charge on any atom is -0.382 e. The van der Waals surface area contributed by atoms with Crippen molar-refractivity contribution in [2.75, 3.05) is 0 Å². The lowest BCUT2D eigenvalue weighted by Gasteiger charge is -2.11. The van der Waals surface area contributed by atoms with E-state index in [1.54, 1.807) is 12.3 Å². The van der Waals surface area contributed by atoms with Crippen LogP contribution in [-0.2, 0) is 6.54 Å². The number of imidazole rings is 1. The fourth-order valence-corrected chi connectivity index (χ4v) is 3.18. The van der Waals surface area contributed by atoms with Gasteiger partial charge >= 0.3 is 0 Å². The van der Waals surface area contributed by atoms with Crippen molar-refractivity contribution in [3.05, 3.63) is 59.5 Å². The number of rotatable bonds is 6. The van der Waals surface area contributed by atoms with Crippen LogP contribution in [0, 0.1) is 5.92 Å². The van der Waals surface area contributed by atoms with Crippen molar-refractivity contribution in [3.63, 3.8) is 0 Å². The van der Waals surface area contributed by atoms with Gasteiger partial charge in [0.1, 0.15) is 5.69 Å². The average molecular weight is 382 g/mol. The molecule has 0 saturated heterocycles. The first-order chi connectivity index (χ1) is 13.2. The molecule has 1 saturated carbocycles. The number of hydrazine groups is 1. The Balaban J connectivity index is 1.81. The number of nitrogens with one attached hydrogen (secondary N) is 1. The van der Waals surface area contributed by atoms with Gasteiger partial charge in [-0.3, -0.25) is 4.98 Å². The van der Waals surface area contributed by atoms with Gasteiger partial charge in [0.25, 0.3) is 0 Å². The second-order valence-corrected chi connectivity index (χ2v) is 7.04. The summed E-state index contributed by atoms with van der Waals surface area (Å²) in [5.74, 6) is 6.23. The molecule has 2 aromatic heterocycles. The van der Waals surface area contributed by atoms with Crippen LogP contribution in [0.5, 0.6) is 0 Å². The summed E-state index contributed by atoms with van der Waals surface area (Å²) in [4.78, 5) is 9.16. The highest BCUT2D eigenvalue weighted by Crippen LogP contribution is 2.36. The highest BCUT2D eigenvalue weighted by molar-refractivity contribution is 6.30. The van der Waals surface area contributed by atoms with Crippen LogP contribution in [-0.4, -0.2) is 20.4 Å². The first-order valence-electron chi connectivity index (χ1n) is 8.72. The van der Waals surface area contributed by atoms with Crippen LogP contribution in [0.4, 0.5) is 0 Å². The summed E-state index contributed by atoms with van der Waals surface area (Å²) >= 11 is 6.07. The van der Waals surface area contributed by atoms with Crippen LogP contribution in [0.25, 0.3) is 22.6 Å². The minimum atomic E-state index is 0.284. The standard InChI is InChI=1S/C19H20ClN7/c20-15-5-3-13(4-6-15)18-17(24-11-27(18)10-12-1-2-12)16-9-14(7-8-23-16)19(21)25-26-22/h3-9,11-12,26H,1-2,10,22H2,(H2,21,25). The summed E-state index contributed by atoms with van der Waals surface area (Å²) in [6.07, 6.45) is 6.10. The van der Waals surface area contributed by atoms with Gasteiger partial charge in [0, 0.05) is 28.9 Å². The van der Waals surface area contributed by atoms with Gasteiger partial charge in [0.2, 0.25) is 0 Å². The molecule has 138 valence electrons. The quantitative estimate of drug-likeness (QED) is 0.263. The molecule has 0 bridgehead atoms. The van der Waals surface area contributed by atoms with Crippen LogP contribution in [0.2, 0.25) is 5.02 Å². The van der Waals surface area contributed by atoms with Gasteiger partial charge in [0.15, 0.2) is 5.84 Å². The Hall–Kier alpha value is -2.90. The Morgan fingerprint density at radius 2 is 2.00 bits per heavy atom. The highest BCUT2D eigenvalue weighted by Gasteiger charge is 2.25. The predicted molar refractivity (Wildman–Crippen MR) is 107 cm³/mol. The Labute approximate surface area is 162 Å². The van der Waals surface area contributed by atoms with Crippen LogP contribution >= 0.6 is 11.6 Å². The first kappa shape index (κ1) is 17.5. The fraction of sp³-hybridized carbons (Fsp3) is 0.211. The number of benzene rings is 1. The number of nitrogens with two attached hydrogens (primary N) is 2. The Morgan fingerprint density at radius 3 is 2.70 bits per heavy atom. The number of halogens is 1. The molecule has 5 N–H and O–H groups in total.